The molecule has 33 heavy (non-hydrogen) atoms. The molecule has 0 aliphatic carbocycles. The van der Waals surface area contributed by atoms with Gasteiger partial charge in [-0.15, -0.1) is 10.2 Å². The number of ketones is 1. The largest absolute Gasteiger partial charge is 0.416 e. The zero-order valence-corrected chi connectivity index (χ0v) is 20.7. The van der Waals surface area contributed by atoms with Crippen LogP contribution in [-0.2, 0) is 6.42 Å². The number of carbonyl (C=O) groups is 1. The highest BCUT2D eigenvalue weighted by atomic mass is 35.5. The molecule has 0 amide bonds. The summed E-state index contributed by atoms with van der Waals surface area (Å²) in [4.78, 5) is 12.4. The van der Waals surface area contributed by atoms with Gasteiger partial charge in [-0.1, -0.05) is 82.4 Å². The summed E-state index contributed by atoms with van der Waals surface area (Å²) in [5.74, 6) is 0.423. The van der Waals surface area contributed by atoms with Crippen molar-refractivity contribution in [3.63, 3.8) is 0 Å². The first-order chi connectivity index (χ1) is 15.9. The van der Waals surface area contributed by atoms with Crippen LogP contribution in [-0.4, -0.2) is 21.7 Å². The number of nitrogens with one attached hydrogen (secondary N) is 1. The first kappa shape index (κ1) is 23.9. The van der Waals surface area contributed by atoms with Crippen LogP contribution < -0.4 is 5.32 Å². The molecule has 4 rings (SSSR count). The van der Waals surface area contributed by atoms with E-state index in [0.717, 1.165) is 23.0 Å². The maximum atomic E-state index is 12.4. The molecule has 168 valence electrons. The lowest BCUT2D eigenvalue weighted by molar-refractivity contribution is 0.102. The lowest BCUT2D eigenvalue weighted by Gasteiger charge is -2.13. The van der Waals surface area contributed by atoms with E-state index in [-0.39, 0.29) is 11.5 Å². The Bertz CT molecular complexity index is 1290. The standard InChI is InChI=1S/C23H15Cl4N3O2S/c24-15-9-8-14(10-18(15)27)20(31)12-33-23-30-29-21(32-23)11-13-4-1-2-7-19(13)28-22-16(25)5-3-6-17(22)26/h1-10,28H,11-12H2. The fraction of sp³-hybridized carbons (Fsp3) is 0.0870. The molecule has 1 heterocycles. The number of anilines is 2. The molecule has 0 radical (unpaired) electrons. The number of benzene rings is 3. The van der Waals surface area contributed by atoms with Gasteiger partial charge in [0.2, 0.25) is 5.89 Å². The van der Waals surface area contributed by atoms with Gasteiger partial charge >= 0.3 is 0 Å². The number of aromatic nitrogens is 2. The molecule has 0 unspecified atom stereocenters. The highest BCUT2D eigenvalue weighted by Crippen LogP contribution is 2.34. The molecule has 0 aliphatic rings. The van der Waals surface area contributed by atoms with Crippen LogP contribution in [0.4, 0.5) is 11.4 Å². The third-order valence-corrected chi connectivity index (χ3v) is 6.79. The molecule has 10 heteroatoms. The highest BCUT2D eigenvalue weighted by molar-refractivity contribution is 7.99. The molecule has 0 fully saturated rings. The molecular weight excluding hydrogens is 524 g/mol. The third-order valence-electron chi connectivity index (χ3n) is 4.60. The number of para-hydroxylation sites is 2. The van der Waals surface area contributed by atoms with Crippen LogP contribution in [0.5, 0.6) is 0 Å². The lowest BCUT2D eigenvalue weighted by atomic mass is 10.1. The Hall–Kier alpha value is -2.22. The van der Waals surface area contributed by atoms with Gasteiger partial charge in [0.15, 0.2) is 5.78 Å². The second-order valence-corrected chi connectivity index (χ2v) is 9.41. The van der Waals surface area contributed by atoms with Crippen molar-refractivity contribution in [3.05, 3.63) is 97.8 Å². The molecule has 1 N–H and O–H groups in total. The molecule has 0 bridgehead atoms. The van der Waals surface area contributed by atoms with E-state index in [1.807, 2.05) is 24.3 Å². The normalized spacial score (nSPS) is 10.9. The van der Waals surface area contributed by atoms with Crippen molar-refractivity contribution in [2.24, 2.45) is 0 Å². The summed E-state index contributed by atoms with van der Waals surface area (Å²) >= 11 is 25.6. The molecule has 0 saturated heterocycles. The van der Waals surface area contributed by atoms with Crippen LogP contribution in [0.1, 0.15) is 21.8 Å². The van der Waals surface area contributed by atoms with Crippen molar-refractivity contribution in [2.45, 2.75) is 11.6 Å². The van der Waals surface area contributed by atoms with E-state index in [9.17, 15) is 4.79 Å². The minimum Gasteiger partial charge on any atom is -0.416 e. The second kappa shape index (κ2) is 10.8. The number of nitrogens with zero attached hydrogens (tertiary/aromatic N) is 2. The topological polar surface area (TPSA) is 68.0 Å². The van der Waals surface area contributed by atoms with E-state index in [1.165, 1.54) is 0 Å². The SMILES string of the molecule is O=C(CSc1nnc(Cc2ccccc2Nc2c(Cl)cccc2Cl)o1)c1ccc(Cl)c(Cl)c1. The van der Waals surface area contributed by atoms with E-state index < -0.39 is 0 Å². The first-order valence-electron chi connectivity index (χ1n) is 9.63. The van der Waals surface area contributed by atoms with Crippen molar-refractivity contribution in [2.75, 3.05) is 11.1 Å². The maximum absolute atomic E-state index is 12.4. The molecule has 4 aromatic rings. The van der Waals surface area contributed by atoms with E-state index in [2.05, 4.69) is 15.5 Å². The van der Waals surface area contributed by atoms with Crippen LogP contribution in [0, 0.1) is 0 Å². The molecule has 0 saturated carbocycles. The summed E-state index contributed by atoms with van der Waals surface area (Å²) < 4.78 is 5.73. The van der Waals surface area contributed by atoms with Crippen LogP contribution in [0.2, 0.25) is 20.1 Å². The summed E-state index contributed by atoms with van der Waals surface area (Å²) in [7, 11) is 0. The van der Waals surface area contributed by atoms with Crippen LogP contribution in [0.15, 0.2) is 70.3 Å². The van der Waals surface area contributed by atoms with Gasteiger partial charge in [0, 0.05) is 11.3 Å². The summed E-state index contributed by atoms with van der Waals surface area (Å²) in [6, 6.07) is 17.7. The van der Waals surface area contributed by atoms with Gasteiger partial charge in [0.1, 0.15) is 0 Å². The summed E-state index contributed by atoms with van der Waals surface area (Å²) in [6.45, 7) is 0. The highest BCUT2D eigenvalue weighted by Gasteiger charge is 2.15. The molecule has 1 aromatic heterocycles. The van der Waals surface area contributed by atoms with Gasteiger partial charge in [-0.05, 0) is 42.0 Å². The molecule has 3 aromatic carbocycles. The fourth-order valence-electron chi connectivity index (χ4n) is 2.96. The van der Waals surface area contributed by atoms with Gasteiger partial charge < -0.3 is 9.73 Å². The van der Waals surface area contributed by atoms with Gasteiger partial charge in [0.05, 0.1) is 38.0 Å². The molecule has 5 nitrogen and oxygen atoms in total. The van der Waals surface area contributed by atoms with Crippen molar-refractivity contribution in [1.29, 1.82) is 0 Å². The second-order valence-electron chi connectivity index (χ2n) is 6.86. The van der Waals surface area contributed by atoms with E-state index >= 15 is 0 Å². The van der Waals surface area contributed by atoms with Gasteiger partial charge in [0.25, 0.3) is 5.22 Å². The van der Waals surface area contributed by atoms with Gasteiger partial charge in [-0.3, -0.25) is 4.79 Å². The van der Waals surface area contributed by atoms with Crippen LogP contribution >= 0.6 is 58.2 Å². The number of carbonyl (C=O) groups excluding carboxylic acids is 1. The predicted octanol–water partition coefficient (Wildman–Crippen LogP) is 7.99. The number of Topliss-reactive ketones (excluding diaryl/α,β-unsaturated/α-hetero) is 1. The number of thioether (sulfide) groups is 1. The van der Waals surface area contributed by atoms with Crippen molar-refractivity contribution in [1.82, 2.24) is 10.2 Å². The summed E-state index contributed by atoms with van der Waals surface area (Å²) in [5, 5.41) is 13.5. The number of hydrogen-bond acceptors (Lipinski definition) is 6. The minimum atomic E-state index is -0.121. The van der Waals surface area contributed by atoms with Crippen molar-refractivity contribution < 1.29 is 9.21 Å². The Morgan fingerprint density at radius 1 is 0.879 bits per heavy atom. The van der Waals surface area contributed by atoms with E-state index in [1.54, 1.807) is 36.4 Å². The molecule has 0 atom stereocenters. The zero-order chi connectivity index (χ0) is 23.4. The minimum absolute atomic E-state index is 0.121. The number of halogens is 4. The Labute approximate surface area is 214 Å². The Kier molecular flexibility index (Phi) is 7.83. The van der Waals surface area contributed by atoms with Gasteiger partial charge in [-0.25, -0.2) is 0 Å². The molecular formula is C23H15Cl4N3O2S. The Balaban J connectivity index is 1.43. The maximum Gasteiger partial charge on any atom is 0.277 e. The van der Waals surface area contributed by atoms with Crippen molar-refractivity contribution >= 4 is 75.3 Å². The van der Waals surface area contributed by atoms with Crippen LogP contribution in [0.3, 0.4) is 0 Å². The monoisotopic (exact) mass is 537 g/mol. The smallest absolute Gasteiger partial charge is 0.277 e. The van der Waals surface area contributed by atoms with Crippen LogP contribution in [0.25, 0.3) is 0 Å². The average Bonchev–Trinajstić information content (AvgIpc) is 3.25. The zero-order valence-electron chi connectivity index (χ0n) is 16.8. The third kappa shape index (κ3) is 6.02. The Morgan fingerprint density at radius 2 is 1.64 bits per heavy atom. The van der Waals surface area contributed by atoms with Gasteiger partial charge in [-0.2, -0.15) is 0 Å². The van der Waals surface area contributed by atoms with E-state index in [0.29, 0.717) is 48.9 Å². The fourth-order valence-corrected chi connectivity index (χ4v) is 4.42. The lowest BCUT2D eigenvalue weighted by Crippen LogP contribution is -2.02. The van der Waals surface area contributed by atoms with Crippen molar-refractivity contribution in [3.8, 4) is 0 Å². The predicted molar refractivity (Wildman–Crippen MR) is 135 cm³/mol. The Morgan fingerprint density at radius 3 is 2.39 bits per heavy atom. The molecule has 0 aliphatic heterocycles. The average molecular weight is 539 g/mol. The molecule has 0 spiro atoms. The quantitative estimate of drug-likeness (QED) is 0.181. The summed E-state index contributed by atoms with van der Waals surface area (Å²) in [6.07, 6.45) is 0.388. The van der Waals surface area contributed by atoms with E-state index in [4.69, 9.17) is 50.8 Å². The number of rotatable bonds is 8. The first-order valence-corrected chi connectivity index (χ1v) is 12.1. The number of hydrogen-bond donors (Lipinski definition) is 1. The summed E-state index contributed by atoms with van der Waals surface area (Å²) in [5.41, 5.74) is 2.82.